The van der Waals surface area contributed by atoms with Crippen LogP contribution in [-0.4, -0.2) is 58.8 Å². The largest absolute Gasteiger partial charge is 0.474 e. The summed E-state index contributed by atoms with van der Waals surface area (Å²) in [4.78, 5) is 13.9. The molecule has 8 nitrogen and oxygen atoms in total. The van der Waals surface area contributed by atoms with E-state index in [1.54, 1.807) is 15.6 Å². The van der Waals surface area contributed by atoms with Gasteiger partial charge in [0.1, 0.15) is 24.1 Å². The fraction of sp³-hybridized carbons (Fsp3) is 0.474. The van der Waals surface area contributed by atoms with Crippen molar-refractivity contribution in [2.75, 3.05) is 32.0 Å². The quantitative estimate of drug-likeness (QED) is 0.884. The van der Waals surface area contributed by atoms with E-state index in [0.717, 1.165) is 5.69 Å². The highest BCUT2D eigenvalue weighted by molar-refractivity contribution is 5.68. The van der Waals surface area contributed by atoms with Crippen LogP contribution < -0.4 is 10.5 Å². The van der Waals surface area contributed by atoms with Crippen LogP contribution in [0.15, 0.2) is 36.4 Å². The Hall–Kier alpha value is -2.74. The number of hydrogen-bond acceptors (Lipinski definition) is 6. The Morgan fingerprint density at radius 2 is 2.07 bits per heavy atom. The van der Waals surface area contributed by atoms with Crippen LogP contribution in [0.5, 0.6) is 5.88 Å². The van der Waals surface area contributed by atoms with E-state index < -0.39 is 5.60 Å². The van der Waals surface area contributed by atoms with Crippen LogP contribution in [0.1, 0.15) is 20.8 Å². The maximum absolute atomic E-state index is 12.2. The summed E-state index contributed by atoms with van der Waals surface area (Å²) in [7, 11) is 0. The number of nitrogens with two attached hydrogens (primary N) is 1. The number of nitrogens with zero attached hydrogens (tertiary/aromatic N) is 3. The van der Waals surface area contributed by atoms with E-state index in [0.29, 0.717) is 31.4 Å². The lowest BCUT2D eigenvalue weighted by Gasteiger charge is -2.33. The van der Waals surface area contributed by atoms with Gasteiger partial charge >= 0.3 is 6.09 Å². The number of rotatable bonds is 4. The molecule has 1 aromatic carbocycles. The Morgan fingerprint density at radius 1 is 1.33 bits per heavy atom. The molecule has 1 amide bonds. The number of carbonyl (C=O) groups excluding carboxylic acids is 1. The minimum Gasteiger partial charge on any atom is -0.474 e. The Balaban J connectivity index is 1.56. The highest BCUT2D eigenvalue weighted by Crippen LogP contribution is 2.20. The molecule has 1 aliphatic rings. The van der Waals surface area contributed by atoms with Gasteiger partial charge in [-0.25, -0.2) is 9.48 Å². The molecule has 1 fully saturated rings. The summed E-state index contributed by atoms with van der Waals surface area (Å²) in [6.45, 7) is 7.15. The van der Waals surface area contributed by atoms with Gasteiger partial charge < -0.3 is 24.8 Å². The first-order valence-electron chi connectivity index (χ1n) is 8.95. The topological polar surface area (TPSA) is 91.8 Å². The molecule has 3 rings (SSSR count). The van der Waals surface area contributed by atoms with E-state index in [4.69, 9.17) is 19.9 Å². The Labute approximate surface area is 158 Å². The van der Waals surface area contributed by atoms with Gasteiger partial charge in [0.05, 0.1) is 18.8 Å². The molecule has 8 heteroatoms. The van der Waals surface area contributed by atoms with E-state index in [2.05, 4.69) is 5.10 Å². The number of morpholine rings is 1. The summed E-state index contributed by atoms with van der Waals surface area (Å²) < 4.78 is 18.5. The maximum atomic E-state index is 12.2. The third kappa shape index (κ3) is 5.13. The second-order valence-corrected chi connectivity index (χ2v) is 7.38. The molecule has 146 valence electrons. The zero-order valence-electron chi connectivity index (χ0n) is 15.9. The zero-order chi connectivity index (χ0) is 19.4. The first-order valence-corrected chi connectivity index (χ1v) is 8.95. The van der Waals surface area contributed by atoms with Gasteiger partial charge in [-0.3, -0.25) is 0 Å². The number of benzene rings is 1. The molecule has 0 saturated carbocycles. The predicted molar refractivity (Wildman–Crippen MR) is 101 cm³/mol. The summed E-state index contributed by atoms with van der Waals surface area (Å²) in [5.41, 5.74) is 6.35. The number of aromatic nitrogens is 2. The van der Waals surface area contributed by atoms with Crippen LogP contribution in [-0.2, 0) is 9.47 Å². The fourth-order valence-electron chi connectivity index (χ4n) is 2.71. The van der Waals surface area contributed by atoms with Crippen molar-refractivity contribution < 1.29 is 19.0 Å². The molecule has 0 spiro atoms. The molecule has 1 aliphatic heterocycles. The van der Waals surface area contributed by atoms with Crippen molar-refractivity contribution in [1.29, 1.82) is 0 Å². The molecule has 2 heterocycles. The van der Waals surface area contributed by atoms with E-state index in [9.17, 15) is 4.79 Å². The average Bonchev–Trinajstić information content (AvgIpc) is 3.00. The molecule has 2 N–H and O–H groups in total. The second-order valence-electron chi connectivity index (χ2n) is 7.38. The summed E-state index contributed by atoms with van der Waals surface area (Å²) in [5.74, 6) is 0.894. The van der Waals surface area contributed by atoms with Crippen molar-refractivity contribution in [3.05, 3.63) is 36.4 Å². The van der Waals surface area contributed by atoms with Crippen molar-refractivity contribution in [2.24, 2.45) is 0 Å². The highest BCUT2D eigenvalue weighted by Gasteiger charge is 2.28. The van der Waals surface area contributed by atoms with Gasteiger partial charge in [-0.05, 0) is 32.9 Å². The Bertz CT molecular complexity index is 770. The molecule has 0 unspecified atom stereocenters. The molecule has 1 aromatic heterocycles. The highest BCUT2D eigenvalue weighted by atomic mass is 16.6. The van der Waals surface area contributed by atoms with Crippen LogP contribution in [0.3, 0.4) is 0 Å². The van der Waals surface area contributed by atoms with E-state index in [-0.39, 0.29) is 18.8 Å². The molecule has 27 heavy (non-hydrogen) atoms. The van der Waals surface area contributed by atoms with Crippen molar-refractivity contribution in [2.45, 2.75) is 32.5 Å². The second kappa shape index (κ2) is 7.87. The number of ether oxygens (including phenoxy) is 3. The number of carbonyl (C=O) groups is 1. The van der Waals surface area contributed by atoms with Crippen LogP contribution >= 0.6 is 0 Å². The van der Waals surface area contributed by atoms with Crippen molar-refractivity contribution in [3.8, 4) is 11.6 Å². The minimum atomic E-state index is -0.525. The molecule has 2 aromatic rings. The number of hydrogen-bond donors (Lipinski definition) is 1. The van der Waals surface area contributed by atoms with E-state index in [1.807, 2.05) is 51.1 Å². The van der Waals surface area contributed by atoms with Gasteiger partial charge in [0, 0.05) is 12.6 Å². The molecular weight excluding hydrogens is 348 g/mol. The first kappa shape index (κ1) is 19.0. The van der Waals surface area contributed by atoms with Crippen LogP contribution in [0.25, 0.3) is 5.69 Å². The monoisotopic (exact) mass is 374 g/mol. The fourth-order valence-corrected chi connectivity index (χ4v) is 2.71. The lowest BCUT2D eigenvalue weighted by molar-refractivity contribution is -0.0561. The number of anilines is 1. The van der Waals surface area contributed by atoms with E-state index >= 15 is 0 Å². The van der Waals surface area contributed by atoms with Crippen molar-refractivity contribution in [3.63, 3.8) is 0 Å². The molecule has 0 bridgehead atoms. The van der Waals surface area contributed by atoms with Crippen molar-refractivity contribution in [1.82, 2.24) is 14.7 Å². The number of amides is 1. The molecule has 1 atom stereocenters. The van der Waals surface area contributed by atoms with Gasteiger partial charge in [-0.15, -0.1) is 5.10 Å². The Morgan fingerprint density at radius 3 is 2.78 bits per heavy atom. The van der Waals surface area contributed by atoms with Crippen molar-refractivity contribution >= 4 is 11.9 Å². The lowest BCUT2D eigenvalue weighted by Crippen LogP contribution is -2.49. The molecule has 0 radical (unpaired) electrons. The summed E-state index contributed by atoms with van der Waals surface area (Å²) in [5, 5.41) is 4.38. The standard InChI is InChI=1S/C19H26N4O4/c1-19(2,3)27-18(24)22-9-10-25-15(12-22)13-26-17-11-16(20)23(21-17)14-7-5-4-6-8-14/h4-8,11,15H,9-10,12-13,20H2,1-3H3/t15-/m1/s1. The lowest BCUT2D eigenvalue weighted by atomic mass is 10.2. The average molecular weight is 374 g/mol. The molecule has 0 aliphatic carbocycles. The van der Waals surface area contributed by atoms with Crippen LogP contribution in [0.4, 0.5) is 10.6 Å². The van der Waals surface area contributed by atoms with E-state index in [1.165, 1.54) is 0 Å². The SMILES string of the molecule is CC(C)(C)OC(=O)N1CCO[C@@H](COc2cc(N)n(-c3ccccc3)n2)C1. The third-order valence-corrected chi connectivity index (χ3v) is 3.92. The Kier molecular flexibility index (Phi) is 5.55. The van der Waals surface area contributed by atoms with Crippen LogP contribution in [0, 0.1) is 0 Å². The normalized spacial score (nSPS) is 17.6. The van der Waals surface area contributed by atoms with Gasteiger partial charge in [0.15, 0.2) is 0 Å². The third-order valence-electron chi connectivity index (χ3n) is 3.92. The van der Waals surface area contributed by atoms with Crippen LogP contribution in [0.2, 0.25) is 0 Å². The molecule has 1 saturated heterocycles. The summed E-state index contributed by atoms with van der Waals surface area (Å²) in [6.07, 6.45) is -0.595. The minimum absolute atomic E-state index is 0.255. The number of nitrogen functional groups attached to an aromatic ring is 1. The van der Waals surface area contributed by atoms with Gasteiger partial charge in [0.25, 0.3) is 0 Å². The zero-order valence-corrected chi connectivity index (χ0v) is 15.9. The molecular formula is C19H26N4O4. The predicted octanol–water partition coefficient (Wildman–Crippen LogP) is 2.47. The smallest absolute Gasteiger partial charge is 0.410 e. The van der Waals surface area contributed by atoms with Gasteiger partial charge in [-0.1, -0.05) is 18.2 Å². The maximum Gasteiger partial charge on any atom is 0.410 e. The summed E-state index contributed by atoms with van der Waals surface area (Å²) >= 11 is 0. The van der Waals surface area contributed by atoms with Gasteiger partial charge in [-0.2, -0.15) is 0 Å². The number of para-hydroxylation sites is 1. The summed E-state index contributed by atoms with van der Waals surface area (Å²) in [6, 6.07) is 11.3. The van der Waals surface area contributed by atoms with Gasteiger partial charge in [0.2, 0.25) is 5.88 Å². The first-order chi connectivity index (χ1) is 12.8.